The molecule has 1 rings (SSSR count). The topological polar surface area (TPSA) is 0 Å². The quantitative estimate of drug-likeness (QED) is 0.396. The van der Waals surface area contributed by atoms with Crippen molar-refractivity contribution in [1.82, 2.24) is 0 Å². The molecule has 0 aliphatic heterocycles. The summed E-state index contributed by atoms with van der Waals surface area (Å²) in [6, 6.07) is 0. The predicted molar refractivity (Wildman–Crippen MR) is 49.1 cm³/mol. The summed E-state index contributed by atoms with van der Waals surface area (Å²) in [5.41, 5.74) is 0. The average Bonchev–Trinajstić information content (AvgIpc) is 2.47. The maximum atomic E-state index is 3.83. The Morgan fingerprint density at radius 1 is 1.55 bits per heavy atom. The van der Waals surface area contributed by atoms with Crippen LogP contribution < -0.4 is 0 Å². The van der Waals surface area contributed by atoms with Crippen LogP contribution in [0.1, 0.15) is 32.6 Å². The molecule has 0 aromatic rings. The lowest BCUT2D eigenvalue weighted by atomic mass is 9.97. The predicted octanol–water partition coefficient (Wildman–Crippen LogP) is 3.00. The molecule has 1 aliphatic carbocycles. The van der Waals surface area contributed by atoms with E-state index in [0.717, 1.165) is 6.42 Å². The molecule has 0 amide bonds. The summed E-state index contributed by atoms with van der Waals surface area (Å²) in [7, 11) is 0. The van der Waals surface area contributed by atoms with E-state index in [1.54, 1.807) is 0 Å². The van der Waals surface area contributed by atoms with Gasteiger partial charge in [-0.15, -0.1) is 12.5 Å². The van der Waals surface area contributed by atoms with Crippen LogP contribution in [0, 0.1) is 23.7 Å². The van der Waals surface area contributed by atoms with Crippen LogP contribution in [0.25, 0.3) is 0 Å². The van der Waals surface area contributed by atoms with Crippen molar-refractivity contribution in [2.45, 2.75) is 32.6 Å². The summed E-state index contributed by atoms with van der Waals surface area (Å²) in [6.07, 6.45) is 6.97. The second-order valence-corrected chi connectivity index (χ2v) is 3.11. The third-order valence-corrected chi connectivity index (χ3v) is 2.34. The van der Waals surface area contributed by atoms with Gasteiger partial charge in [0.25, 0.3) is 0 Å². The van der Waals surface area contributed by atoms with Crippen molar-refractivity contribution in [1.29, 1.82) is 0 Å². The maximum Gasteiger partial charge on any atom is 0.0265 e. The van der Waals surface area contributed by atoms with Gasteiger partial charge in [0.15, 0.2) is 0 Å². The van der Waals surface area contributed by atoms with Gasteiger partial charge in [-0.05, 0) is 18.8 Å². The van der Waals surface area contributed by atoms with Crippen molar-refractivity contribution in [3.8, 4) is 11.8 Å². The van der Waals surface area contributed by atoms with E-state index in [2.05, 4.69) is 31.4 Å². The Labute approximate surface area is 69.7 Å². The highest BCUT2D eigenvalue weighted by molar-refractivity contribution is 5.09. The highest BCUT2D eigenvalue weighted by atomic mass is 14.3. The van der Waals surface area contributed by atoms with Gasteiger partial charge in [0.05, 0.1) is 0 Å². The van der Waals surface area contributed by atoms with Gasteiger partial charge >= 0.3 is 0 Å². The van der Waals surface area contributed by atoms with E-state index in [4.69, 9.17) is 0 Å². The molecule has 1 aliphatic rings. The maximum absolute atomic E-state index is 3.83. The van der Waals surface area contributed by atoms with Crippen molar-refractivity contribution in [2.24, 2.45) is 11.8 Å². The number of hydrogen-bond donors (Lipinski definition) is 0. The van der Waals surface area contributed by atoms with Gasteiger partial charge in [-0.25, -0.2) is 0 Å². The fourth-order valence-corrected chi connectivity index (χ4v) is 1.68. The molecule has 0 nitrogen and oxygen atoms in total. The summed E-state index contributed by atoms with van der Waals surface area (Å²) >= 11 is 0. The van der Waals surface area contributed by atoms with Crippen LogP contribution in [0.5, 0.6) is 0 Å². The Morgan fingerprint density at radius 3 is 3.00 bits per heavy atom. The molecule has 0 heteroatoms. The lowest BCUT2D eigenvalue weighted by Gasteiger charge is -2.07. The first kappa shape index (κ1) is 8.40. The van der Waals surface area contributed by atoms with Crippen molar-refractivity contribution in [2.75, 3.05) is 0 Å². The molecule has 0 bridgehead atoms. The Kier molecular flexibility index (Phi) is 3.23. The first-order valence-corrected chi connectivity index (χ1v) is 4.49. The first-order valence-electron chi connectivity index (χ1n) is 4.49. The minimum absolute atomic E-state index is 0.618. The lowest BCUT2D eigenvalue weighted by molar-refractivity contribution is 0.577. The van der Waals surface area contributed by atoms with E-state index >= 15 is 0 Å². The largest absolute Gasteiger partial charge is 0.103 e. The van der Waals surface area contributed by atoms with Gasteiger partial charge in [0.1, 0.15) is 0 Å². The second-order valence-electron chi connectivity index (χ2n) is 3.11. The van der Waals surface area contributed by atoms with E-state index < -0.39 is 0 Å². The molecular weight excluding hydrogens is 132 g/mol. The molecule has 1 fully saturated rings. The Morgan fingerprint density at radius 2 is 2.36 bits per heavy atom. The minimum Gasteiger partial charge on any atom is -0.103 e. The van der Waals surface area contributed by atoms with Crippen molar-refractivity contribution >= 4 is 0 Å². The first-order chi connectivity index (χ1) is 5.38. The van der Waals surface area contributed by atoms with Gasteiger partial charge < -0.3 is 0 Å². The van der Waals surface area contributed by atoms with Crippen molar-refractivity contribution in [3.63, 3.8) is 0 Å². The molecule has 0 saturated heterocycles. The Balaban J connectivity index is 2.49. The minimum atomic E-state index is 0.618. The summed E-state index contributed by atoms with van der Waals surface area (Å²) in [4.78, 5) is 0. The number of rotatable bonds is 1. The third-order valence-electron chi connectivity index (χ3n) is 2.34. The summed E-state index contributed by atoms with van der Waals surface area (Å²) < 4.78 is 0. The van der Waals surface area contributed by atoms with Gasteiger partial charge in [-0.2, -0.15) is 0 Å². The molecule has 0 radical (unpaired) electrons. The highest BCUT2D eigenvalue weighted by Crippen LogP contribution is 2.31. The Bertz CT molecular complexity index is 180. The highest BCUT2D eigenvalue weighted by Gasteiger charge is 2.22. The van der Waals surface area contributed by atoms with Crippen LogP contribution in [0.15, 0.2) is 12.7 Å². The van der Waals surface area contributed by atoms with Gasteiger partial charge in [0.2, 0.25) is 0 Å². The van der Waals surface area contributed by atoms with Crippen LogP contribution >= 0.6 is 0 Å². The van der Waals surface area contributed by atoms with Gasteiger partial charge in [-0.3, -0.25) is 0 Å². The average molecular weight is 148 g/mol. The fourth-order valence-electron chi connectivity index (χ4n) is 1.68. The van der Waals surface area contributed by atoms with Gasteiger partial charge in [0, 0.05) is 12.3 Å². The number of allylic oxidation sites excluding steroid dienone is 1. The van der Waals surface area contributed by atoms with Crippen molar-refractivity contribution < 1.29 is 0 Å². The zero-order valence-corrected chi connectivity index (χ0v) is 7.27. The molecule has 2 unspecified atom stereocenters. The SMILES string of the molecule is C=CC1CCCC1C#CCC. The summed E-state index contributed by atoms with van der Waals surface area (Å²) in [5, 5.41) is 0. The normalized spacial score (nSPS) is 29.2. The van der Waals surface area contributed by atoms with Crippen LogP contribution in [0.2, 0.25) is 0 Å². The molecule has 0 spiro atoms. The van der Waals surface area contributed by atoms with E-state index in [-0.39, 0.29) is 0 Å². The van der Waals surface area contributed by atoms with Crippen LogP contribution in [0.4, 0.5) is 0 Å². The molecule has 0 aromatic heterocycles. The van der Waals surface area contributed by atoms with E-state index in [1.165, 1.54) is 19.3 Å². The molecule has 0 heterocycles. The standard InChI is InChI=1S/C11H16/c1-3-5-7-11-9-6-8-10(11)4-2/h4,10-11H,2-3,6,8-9H2,1H3. The fraction of sp³-hybridized carbons (Fsp3) is 0.636. The van der Waals surface area contributed by atoms with Crippen molar-refractivity contribution in [3.05, 3.63) is 12.7 Å². The monoisotopic (exact) mass is 148 g/mol. The zero-order chi connectivity index (χ0) is 8.10. The van der Waals surface area contributed by atoms with E-state index in [9.17, 15) is 0 Å². The van der Waals surface area contributed by atoms with Crippen LogP contribution in [-0.4, -0.2) is 0 Å². The number of hydrogen-bond acceptors (Lipinski definition) is 0. The Hall–Kier alpha value is -0.700. The smallest absolute Gasteiger partial charge is 0.0265 e. The molecule has 1 saturated carbocycles. The van der Waals surface area contributed by atoms with Crippen LogP contribution in [-0.2, 0) is 0 Å². The third kappa shape index (κ3) is 2.12. The van der Waals surface area contributed by atoms with E-state index in [1.807, 2.05) is 0 Å². The molecular formula is C11H16. The summed E-state index contributed by atoms with van der Waals surface area (Å²) in [5.74, 6) is 7.76. The zero-order valence-electron chi connectivity index (χ0n) is 7.27. The molecule has 0 N–H and O–H groups in total. The molecule has 0 aromatic carbocycles. The van der Waals surface area contributed by atoms with Crippen LogP contribution in [0.3, 0.4) is 0 Å². The second kappa shape index (κ2) is 4.23. The lowest BCUT2D eigenvalue weighted by Crippen LogP contribution is -2.01. The molecule has 11 heavy (non-hydrogen) atoms. The van der Waals surface area contributed by atoms with E-state index in [0.29, 0.717) is 11.8 Å². The molecule has 2 atom stereocenters. The molecule has 60 valence electrons. The summed E-state index contributed by atoms with van der Waals surface area (Å²) in [6.45, 7) is 5.94. The van der Waals surface area contributed by atoms with Gasteiger partial charge in [-0.1, -0.05) is 25.3 Å².